The fourth-order valence-corrected chi connectivity index (χ4v) is 2.58. The van der Waals surface area contributed by atoms with E-state index in [0.717, 1.165) is 12.8 Å². The van der Waals surface area contributed by atoms with Gasteiger partial charge in [0.25, 0.3) is 0 Å². The number of Topliss-reactive ketones (excluding diaryl/α,β-unsaturated/α-hetero) is 1. The maximum absolute atomic E-state index is 13.6. The quantitative estimate of drug-likeness (QED) is 0.488. The molecule has 1 rings (SSSR count). The molecular formula is C17H24BrFO. The summed E-state index contributed by atoms with van der Waals surface area (Å²) in [6.07, 6.45) is 9.18. The predicted octanol–water partition coefficient (Wildman–Crippen LogP) is 5.84. The van der Waals surface area contributed by atoms with Crippen molar-refractivity contribution in [2.45, 2.75) is 64.7 Å². The van der Waals surface area contributed by atoms with Crippen LogP contribution in [0.4, 0.5) is 4.39 Å². The second-order valence-corrected chi connectivity index (χ2v) is 6.24. The minimum atomic E-state index is -0.299. The van der Waals surface area contributed by atoms with Gasteiger partial charge in [-0.2, -0.15) is 0 Å². The van der Waals surface area contributed by atoms with E-state index in [1.165, 1.54) is 38.2 Å². The predicted molar refractivity (Wildman–Crippen MR) is 85.4 cm³/mol. The maximum Gasteiger partial charge on any atom is 0.137 e. The molecule has 0 fully saturated rings. The van der Waals surface area contributed by atoms with Crippen molar-refractivity contribution >= 4 is 21.7 Å². The molecule has 0 aliphatic heterocycles. The average molecular weight is 343 g/mol. The Kier molecular flexibility index (Phi) is 8.75. The van der Waals surface area contributed by atoms with Crippen LogP contribution in [-0.2, 0) is 11.2 Å². The summed E-state index contributed by atoms with van der Waals surface area (Å²) in [5.74, 6) is -0.160. The van der Waals surface area contributed by atoms with Crippen molar-refractivity contribution in [1.82, 2.24) is 0 Å². The van der Waals surface area contributed by atoms with Gasteiger partial charge in [-0.3, -0.25) is 4.79 Å². The van der Waals surface area contributed by atoms with Gasteiger partial charge in [-0.15, -0.1) is 0 Å². The largest absolute Gasteiger partial charge is 0.299 e. The third-order valence-corrected chi connectivity index (χ3v) is 3.96. The minimum Gasteiger partial charge on any atom is -0.299 e. The molecule has 0 aliphatic carbocycles. The third-order valence-electron chi connectivity index (χ3n) is 3.46. The summed E-state index contributed by atoms with van der Waals surface area (Å²) in [6.45, 7) is 2.21. The number of carbonyl (C=O) groups excluding carboxylic acids is 1. The van der Waals surface area contributed by atoms with E-state index in [-0.39, 0.29) is 18.0 Å². The molecule has 112 valence electrons. The van der Waals surface area contributed by atoms with E-state index < -0.39 is 0 Å². The van der Waals surface area contributed by atoms with Gasteiger partial charge < -0.3 is 0 Å². The van der Waals surface area contributed by atoms with E-state index in [1.54, 1.807) is 12.1 Å². The fraction of sp³-hybridized carbons (Fsp3) is 0.588. The first kappa shape index (κ1) is 17.4. The molecule has 1 aromatic carbocycles. The Morgan fingerprint density at radius 1 is 1.10 bits per heavy atom. The summed E-state index contributed by atoms with van der Waals surface area (Å²) in [5.41, 5.74) is 0.501. The Balaban J connectivity index is 2.17. The van der Waals surface area contributed by atoms with Crippen molar-refractivity contribution in [3.63, 3.8) is 0 Å². The first-order chi connectivity index (χ1) is 9.63. The number of hydrogen-bond donors (Lipinski definition) is 0. The Morgan fingerprint density at radius 3 is 2.40 bits per heavy atom. The lowest BCUT2D eigenvalue weighted by molar-refractivity contribution is -0.118. The van der Waals surface area contributed by atoms with E-state index in [9.17, 15) is 9.18 Å². The summed E-state index contributed by atoms with van der Waals surface area (Å²) in [5, 5.41) is 0. The van der Waals surface area contributed by atoms with Crippen molar-refractivity contribution in [2.75, 3.05) is 0 Å². The van der Waals surface area contributed by atoms with Crippen LogP contribution in [0.1, 0.15) is 63.9 Å². The molecule has 0 radical (unpaired) electrons. The normalized spacial score (nSPS) is 10.8. The van der Waals surface area contributed by atoms with E-state index in [2.05, 4.69) is 22.9 Å². The molecule has 1 aromatic rings. The van der Waals surface area contributed by atoms with Gasteiger partial charge in [-0.05, 0) is 24.1 Å². The molecule has 3 heteroatoms. The van der Waals surface area contributed by atoms with E-state index in [4.69, 9.17) is 0 Å². The number of carbonyl (C=O) groups is 1. The highest BCUT2D eigenvalue weighted by Gasteiger charge is 2.08. The van der Waals surface area contributed by atoms with Crippen LogP contribution >= 0.6 is 15.9 Å². The summed E-state index contributed by atoms with van der Waals surface area (Å²) in [4.78, 5) is 11.8. The molecule has 0 aliphatic rings. The topological polar surface area (TPSA) is 17.1 Å². The van der Waals surface area contributed by atoms with E-state index in [0.29, 0.717) is 16.5 Å². The van der Waals surface area contributed by atoms with Crippen LogP contribution in [-0.4, -0.2) is 5.78 Å². The highest BCUT2D eigenvalue weighted by Crippen LogP contribution is 2.17. The summed E-state index contributed by atoms with van der Waals surface area (Å²) < 4.78 is 14.3. The van der Waals surface area contributed by atoms with Crippen molar-refractivity contribution in [2.24, 2.45) is 0 Å². The molecule has 0 saturated heterocycles. The number of ketones is 1. The van der Waals surface area contributed by atoms with Crippen LogP contribution in [0.3, 0.4) is 0 Å². The molecule has 0 unspecified atom stereocenters. The minimum absolute atomic E-state index is 0.139. The Morgan fingerprint density at radius 2 is 1.75 bits per heavy atom. The molecule has 0 amide bonds. The second-order valence-electron chi connectivity index (χ2n) is 5.32. The lowest BCUT2D eigenvalue weighted by Gasteiger charge is -2.04. The first-order valence-corrected chi connectivity index (χ1v) is 8.38. The molecule has 0 N–H and O–H groups in total. The number of unbranched alkanes of at least 4 members (excludes halogenated alkanes) is 6. The van der Waals surface area contributed by atoms with Gasteiger partial charge in [-0.25, -0.2) is 4.39 Å². The van der Waals surface area contributed by atoms with Crippen molar-refractivity contribution in [3.05, 3.63) is 34.1 Å². The Hall–Kier alpha value is -0.700. The zero-order chi connectivity index (χ0) is 14.8. The van der Waals surface area contributed by atoms with Gasteiger partial charge in [-0.1, -0.05) is 67.4 Å². The monoisotopic (exact) mass is 342 g/mol. The maximum atomic E-state index is 13.6. The van der Waals surface area contributed by atoms with Crippen LogP contribution in [0.2, 0.25) is 0 Å². The van der Waals surface area contributed by atoms with Gasteiger partial charge in [0.2, 0.25) is 0 Å². The number of halogens is 2. The third kappa shape index (κ3) is 7.18. The zero-order valence-electron chi connectivity index (χ0n) is 12.3. The molecule has 0 bridgehead atoms. The highest BCUT2D eigenvalue weighted by atomic mass is 79.9. The van der Waals surface area contributed by atoms with Crippen molar-refractivity contribution < 1.29 is 9.18 Å². The fourth-order valence-electron chi connectivity index (χ4n) is 2.25. The molecule has 0 saturated carbocycles. The molecule has 0 spiro atoms. The van der Waals surface area contributed by atoms with Crippen LogP contribution in [0.5, 0.6) is 0 Å². The summed E-state index contributed by atoms with van der Waals surface area (Å²) in [6, 6.07) is 4.87. The Labute approximate surface area is 130 Å². The van der Waals surface area contributed by atoms with Gasteiger partial charge in [0.1, 0.15) is 11.6 Å². The van der Waals surface area contributed by atoms with Gasteiger partial charge in [0, 0.05) is 17.3 Å². The lowest BCUT2D eigenvalue weighted by atomic mass is 10.0. The van der Waals surface area contributed by atoms with Crippen LogP contribution in [0.15, 0.2) is 22.7 Å². The zero-order valence-corrected chi connectivity index (χ0v) is 13.8. The lowest BCUT2D eigenvalue weighted by Crippen LogP contribution is -2.04. The summed E-state index contributed by atoms with van der Waals surface area (Å²) in [7, 11) is 0. The average Bonchev–Trinajstić information content (AvgIpc) is 2.41. The Bertz CT molecular complexity index is 417. The van der Waals surface area contributed by atoms with Crippen molar-refractivity contribution in [1.29, 1.82) is 0 Å². The van der Waals surface area contributed by atoms with Gasteiger partial charge in [0.05, 0.1) is 0 Å². The molecule has 20 heavy (non-hydrogen) atoms. The first-order valence-electron chi connectivity index (χ1n) is 7.59. The molecule has 1 nitrogen and oxygen atoms in total. The number of rotatable bonds is 10. The van der Waals surface area contributed by atoms with Gasteiger partial charge in [0.15, 0.2) is 0 Å². The van der Waals surface area contributed by atoms with E-state index >= 15 is 0 Å². The molecule has 0 atom stereocenters. The number of benzene rings is 1. The number of hydrogen-bond acceptors (Lipinski definition) is 1. The van der Waals surface area contributed by atoms with Gasteiger partial charge >= 0.3 is 0 Å². The summed E-state index contributed by atoms with van der Waals surface area (Å²) >= 11 is 3.21. The van der Waals surface area contributed by atoms with E-state index in [1.807, 2.05) is 0 Å². The van der Waals surface area contributed by atoms with Crippen LogP contribution in [0.25, 0.3) is 0 Å². The highest BCUT2D eigenvalue weighted by molar-refractivity contribution is 9.10. The van der Waals surface area contributed by atoms with Crippen LogP contribution < -0.4 is 0 Å². The molecule has 0 aromatic heterocycles. The van der Waals surface area contributed by atoms with Crippen LogP contribution in [0, 0.1) is 5.82 Å². The molecular weight excluding hydrogens is 319 g/mol. The van der Waals surface area contributed by atoms with Crippen molar-refractivity contribution in [3.8, 4) is 0 Å². The second kappa shape index (κ2) is 10.1. The standard InChI is InChI=1S/C17H24BrFO/c1-2-3-4-5-6-7-8-9-16(20)12-14-10-11-15(18)13-17(14)19/h10-11,13H,2-9,12H2,1H3. The molecule has 0 heterocycles. The SMILES string of the molecule is CCCCCCCCCC(=O)Cc1ccc(Br)cc1F. The smallest absolute Gasteiger partial charge is 0.137 e.